The summed E-state index contributed by atoms with van der Waals surface area (Å²) in [4.78, 5) is 0. The van der Waals surface area contributed by atoms with Crippen molar-refractivity contribution in [2.75, 3.05) is 26.2 Å². The molecule has 120 valence electrons. The van der Waals surface area contributed by atoms with Gasteiger partial charge in [0.05, 0.1) is 26.2 Å². The summed E-state index contributed by atoms with van der Waals surface area (Å²) in [5, 5.41) is 0. The van der Waals surface area contributed by atoms with E-state index in [1.807, 2.05) is 0 Å². The molecule has 1 nitrogen and oxygen atoms in total. The van der Waals surface area contributed by atoms with E-state index in [2.05, 4.69) is 98.8 Å². The van der Waals surface area contributed by atoms with Crippen LogP contribution in [0, 0.1) is 0 Å². The molecule has 0 fully saturated rings. The van der Waals surface area contributed by atoms with E-state index < -0.39 is 0 Å². The van der Waals surface area contributed by atoms with Gasteiger partial charge in [0.25, 0.3) is 0 Å². The molecular weight excluding hydrogens is 278 g/mol. The van der Waals surface area contributed by atoms with Crippen LogP contribution in [0.2, 0.25) is 0 Å². The predicted octanol–water partition coefficient (Wildman–Crippen LogP) is 5.27. The second-order valence-electron chi connectivity index (χ2n) is 5.97. The molecular formula is C22H28N+. The number of benzene rings is 2. The molecule has 0 aromatic heterocycles. The maximum absolute atomic E-state index is 2.32. The molecule has 1 heteroatoms. The minimum absolute atomic E-state index is 1.07. The molecule has 0 saturated heterocycles. The zero-order valence-electron chi connectivity index (χ0n) is 14.4. The largest absolute Gasteiger partial charge is 0.318 e. The van der Waals surface area contributed by atoms with Crippen LogP contribution in [0.3, 0.4) is 0 Å². The van der Waals surface area contributed by atoms with Crippen LogP contribution in [-0.2, 0) is 0 Å². The fourth-order valence-corrected chi connectivity index (χ4v) is 2.77. The van der Waals surface area contributed by atoms with E-state index in [1.165, 1.54) is 11.1 Å². The Morgan fingerprint density at radius 2 is 1.04 bits per heavy atom. The smallest absolute Gasteiger partial charge is 0.0979 e. The first-order valence-electron chi connectivity index (χ1n) is 8.56. The lowest BCUT2D eigenvalue weighted by Crippen LogP contribution is -2.47. The number of rotatable bonds is 8. The molecule has 0 saturated carbocycles. The molecule has 0 aliphatic carbocycles. The van der Waals surface area contributed by atoms with Crippen LogP contribution >= 0.6 is 0 Å². The van der Waals surface area contributed by atoms with Crippen molar-refractivity contribution in [2.45, 2.75) is 13.8 Å². The van der Waals surface area contributed by atoms with Gasteiger partial charge in [-0.1, -0.05) is 72.8 Å². The Morgan fingerprint density at radius 3 is 1.39 bits per heavy atom. The molecule has 0 heterocycles. The minimum atomic E-state index is 1.07. The molecule has 2 rings (SSSR count). The predicted molar refractivity (Wildman–Crippen MR) is 102 cm³/mol. The van der Waals surface area contributed by atoms with E-state index in [-0.39, 0.29) is 0 Å². The SMILES string of the molecule is CC[N+](CC)(CC=Cc1ccccc1)CC=Cc1ccccc1. The Bertz CT molecular complexity index is 553. The van der Waals surface area contributed by atoms with Crippen LogP contribution in [0.25, 0.3) is 12.2 Å². The number of hydrogen-bond acceptors (Lipinski definition) is 0. The van der Waals surface area contributed by atoms with E-state index in [4.69, 9.17) is 0 Å². The van der Waals surface area contributed by atoms with Gasteiger partial charge in [0.15, 0.2) is 0 Å². The molecule has 0 bridgehead atoms. The highest BCUT2D eigenvalue weighted by molar-refractivity contribution is 5.49. The van der Waals surface area contributed by atoms with Gasteiger partial charge < -0.3 is 4.48 Å². The molecule has 0 unspecified atom stereocenters. The Hall–Kier alpha value is -2.12. The summed E-state index contributed by atoms with van der Waals surface area (Å²) in [5.74, 6) is 0. The van der Waals surface area contributed by atoms with Crippen molar-refractivity contribution in [3.8, 4) is 0 Å². The van der Waals surface area contributed by atoms with Crippen LogP contribution < -0.4 is 0 Å². The molecule has 0 radical (unpaired) electrons. The van der Waals surface area contributed by atoms with E-state index in [0.717, 1.165) is 30.7 Å². The number of hydrogen-bond donors (Lipinski definition) is 0. The molecule has 2 aromatic carbocycles. The van der Waals surface area contributed by atoms with E-state index in [9.17, 15) is 0 Å². The molecule has 23 heavy (non-hydrogen) atoms. The van der Waals surface area contributed by atoms with Crippen molar-refractivity contribution in [2.24, 2.45) is 0 Å². The van der Waals surface area contributed by atoms with Gasteiger partial charge in [0, 0.05) is 0 Å². The van der Waals surface area contributed by atoms with Crippen LogP contribution in [0.15, 0.2) is 72.8 Å². The van der Waals surface area contributed by atoms with Crippen LogP contribution in [0.1, 0.15) is 25.0 Å². The van der Waals surface area contributed by atoms with Gasteiger partial charge in [-0.25, -0.2) is 0 Å². The highest BCUT2D eigenvalue weighted by Crippen LogP contribution is 2.10. The van der Waals surface area contributed by atoms with Crippen molar-refractivity contribution in [1.82, 2.24) is 0 Å². The maximum Gasteiger partial charge on any atom is 0.0979 e. The molecule has 0 amide bonds. The third kappa shape index (κ3) is 5.54. The summed E-state index contributed by atoms with van der Waals surface area (Å²) >= 11 is 0. The first kappa shape index (κ1) is 17.2. The topological polar surface area (TPSA) is 0 Å². The van der Waals surface area contributed by atoms with Crippen molar-refractivity contribution in [3.05, 3.63) is 83.9 Å². The van der Waals surface area contributed by atoms with Gasteiger partial charge >= 0.3 is 0 Å². The van der Waals surface area contributed by atoms with E-state index in [0.29, 0.717) is 0 Å². The molecule has 2 aromatic rings. The third-order valence-corrected chi connectivity index (χ3v) is 4.55. The summed E-state index contributed by atoms with van der Waals surface area (Å²) in [6, 6.07) is 21.1. The summed E-state index contributed by atoms with van der Waals surface area (Å²) in [7, 11) is 0. The van der Waals surface area contributed by atoms with Gasteiger partial charge in [-0.05, 0) is 37.1 Å². The first-order chi connectivity index (χ1) is 11.3. The minimum Gasteiger partial charge on any atom is -0.318 e. The van der Waals surface area contributed by atoms with Crippen molar-refractivity contribution < 1.29 is 4.48 Å². The highest BCUT2D eigenvalue weighted by atomic mass is 15.3. The van der Waals surface area contributed by atoms with Crippen LogP contribution in [0.5, 0.6) is 0 Å². The molecule has 0 aliphatic heterocycles. The second-order valence-corrected chi connectivity index (χ2v) is 5.97. The van der Waals surface area contributed by atoms with Gasteiger partial charge in [-0.15, -0.1) is 0 Å². The Kier molecular flexibility index (Phi) is 6.83. The average molecular weight is 306 g/mol. The Morgan fingerprint density at radius 1 is 0.652 bits per heavy atom. The van der Waals surface area contributed by atoms with Gasteiger partial charge in [0.1, 0.15) is 0 Å². The van der Waals surface area contributed by atoms with Crippen molar-refractivity contribution in [1.29, 1.82) is 0 Å². The lowest BCUT2D eigenvalue weighted by atomic mass is 10.2. The quantitative estimate of drug-likeness (QED) is 0.583. The lowest BCUT2D eigenvalue weighted by Gasteiger charge is -2.35. The van der Waals surface area contributed by atoms with Crippen LogP contribution in [-0.4, -0.2) is 30.7 Å². The zero-order valence-corrected chi connectivity index (χ0v) is 14.4. The monoisotopic (exact) mass is 306 g/mol. The van der Waals surface area contributed by atoms with Gasteiger partial charge in [-0.3, -0.25) is 0 Å². The zero-order chi connectivity index (χ0) is 16.4. The maximum atomic E-state index is 2.32. The number of likely N-dealkylation sites (N-methyl/N-ethyl adjacent to an activating group) is 1. The summed E-state index contributed by atoms with van der Waals surface area (Å²) in [6.07, 6.45) is 9.11. The summed E-state index contributed by atoms with van der Waals surface area (Å²) in [5.41, 5.74) is 2.55. The molecule has 0 aliphatic rings. The Labute approximate surface area is 141 Å². The Balaban J connectivity index is 1.98. The van der Waals surface area contributed by atoms with Crippen molar-refractivity contribution in [3.63, 3.8) is 0 Å². The number of nitrogens with zero attached hydrogens (tertiary/aromatic N) is 1. The first-order valence-corrected chi connectivity index (χ1v) is 8.56. The lowest BCUT2D eigenvalue weighted by molar-refractivity contribution is -0.913. The van der Waals surface area contributed by atoms with E-state index in [1.54, 1.807) is 0 Å². The fourth-order valence-electron chi connectivity index (χ4n) is 2.77. The summed E-state index contributed by atoms with van der Waals surface area (Å²) in [6.45, 7) is 9.01. The van der Waals surface area contributed by atoms with E-state index >= 15 is 0 Å². The number of quaternary nitrogens is 1. The molecule has 0 spiro atoms. The molecule has 0 atom stereocenters. The van der Waals surface area contributed by atoms with Crippen molar-refractivity contribution >= 4 is 12.2 Å². The van der Waals surface area contributed by atoms with Crippen LogP contribution in [0.4, 0.5) is 0 Å². The van der Waals surface area contributed by atoms with Gasteiger partial charge in [-0.2, -0.15) is 0 Å². The van der Waals surface area contributed by atoms with Gasteiger partial charge in [0.2, 0.25) is 0 Å². The second kappa shape index (κ2) is 9.12. The fraction of sp³-hybridized carbons (Fsp3) is 0.273. The highest BCUT2D eigenvalue weighted by Gasteiger charge is 2.19. The normalized spacial score (nSPS) is 12.3. The molecule has 0 N–H and O–H groups in total. The standard InChI is InChI=1S/C22H28N/c1-3-23(4-2,19-11-17-21-13-7-5-8-14-21)20-12-18-22-15-9-6-10-16-22/h5-18H,3-4,19-20H2,1-2H3/q+1. The third-order valence-electron chi connectivity index (χ3n) is 4.55. The summed E-state index contributed by atoms with van der Waals surface area (Å²) < 4.78 is 1.09. The average Bonchev–Trinajstić information content (AvgIpc) is 2.62.